The van der Waals surface area contributed by atoms with E-state index in [0.717, 1.165) is 19.6 Å². The molecular formula is C18H31N3. The van der Waals surface area contributed by atoms with Crippen molar-refractivity contribution in [2.75, 3.05) is 38.6 Å². The van der Waals surface area contributed by atoms with Gasteiger partial charge in [-0.25, -0.2) is 0 Å². The molecular weight excluding hydrogens is 258 g/mol. The number of hydrogen-bond donors (Lipinski definition) is 1. The van der Waals surface area contributed by atoms with Gasteiger partial charge >= 0.3 is 0 Å². The lowest BCUT2D eigenvalue weighted by Gasteiger charge is -2.20. The molecule has 1 aromatic rings. The highest BCUT2D eigenvalue weighted by Gasteiger charge is 2.15. The molecule has 1 aliphatic heterocycles. The van der Waals surface area contributed by atoms with Crippen molar-refractivity contribution in [3.05, 3.63) is 29.3 Å². The first-order valence-electron chi connectivity index (χ1n) is 8.32. The summed E-state index contributed by atoms with van der Waals surface area (Å²) in [4.78, 5) is 4.76. The van der Waals surface area contributed by atoms with Crippen LogP contribution in [0.5, 0.6) is 0 Å². The van der Waals surface area contributed by atoms with Gasteiger partial charge in [0.25, 0.3) is 0 Å². The van der Waals surface area contributed by atoms with Crippen LogP contribution in [0.15, 0.2) is 18.2 Å². The van der Waals surface area contributed by atoms with Crippen LogP contribution in [0.25, 0.3) is 0 Å². The Morgan fingerprint density at radius 1 is 1.29 bits per heavy atom. The second kappa shape index (κ2) is 7.81. The van der Waals surface area contributed by atoms with E-state index in [4.69, 9.17) is 0 Å². The van der Waals surface area contributed by atoms with Crippen molar-refractivity contribution in [1.29, 1.82) is 0 Å². The van der Waals surface area contributed by atoms with Crippen molar-refractivity contribution in [1.82, 2.24) is 10.2 Å². The van der Waals surface area contributed by atoms with E-state index in [1.807, 2.05) is 0 Å². The van der Waals surface area contributed by atoms with Gasteiger partial charge in [0.1, 0.15) is 0 Å². The standard InChI is InChI=1S/C18H31N3/c1-15(2)20(3)11-6-5-10-19-14-16-7-8-18-17(13-16)9-12-21(18)4/h7-8,13,15,19H,5-6,9-12,14H2,1-4H3. The molecule has 0 fully saturated rings. The number of anilines is 1. The smallest absolute Gasteiger partial charge is 0.0397 e. The lowest BCUT2D eigenvalue weighted by atomic mass is 10.1. The summed E-state index contributed by atoms with van der Waals surface area (Å²) < 4.78 is 0. The molecule has 0 saturated carbocycles. The van der Waals surface area contributed by atoms with E-state index >= 15 is 0 Å². The van der Waals surface area contributed by atoms with E-state index in [9.17, 15) is 0 Å². The summed E-state index contributed by atoms with van der Waals surface area (Å²) >= 11 is 0. The van der Waals surface area contributed by atoms with Gasteiger partial charge in [0.05, 0.1) is 0 Å². The van der Waals surface area contributed by atoms with E-state index in [2.05, 4.69) is 61.3 Å². The third-order valence-electron chi connectivity index (χ3n) is 4.60. The maximum atomic E-state index is 3.57. The topological polar surface area (TPSA) is 18.5 Å². The molecule has 0 spiro atoms. The van der Waals surface area contributed by atoms with Crippen LogP contribution in [0.4, 0.5) is 5.69 Å². The van der Waals surface area contributed by atoms with E-state index in [-0.39, 0.29) is 0 Å². The van der Waals surface area contributed by atoms with Gasteiger partial charge in [0.15, 0.2) is 0 Å². The van der Waals surface area contributed by atoms with Gasteiger partial charge in [0, 0.05) is 31.9 Å². The number of rotatable bonds is 8. The molecule has 1 aromatic carbocycles. The van der Waals surface area contributed by atoms with Crippen LogP contribution in [-0.4, -0.2) is 44.7 Å². The molecule has 2 rings (SSSR count). The molecule has 0 amide bonds. The highest BCUT2D eigenvalue weighted by Crippen LogP contribution is 2.27. The Labute approximate surface area is 130 Å². The van der Waals surface area contributed by atoms with Crippen LogP contribution >= 0.6 is 0 Å². The maximum Gasteiger partial charge on any atom is 0.0397 e. The van der Waals surface area contributed by atoms with Crippen molar-refractivity contribution in [2.24, 2.45) is 0 Å². The van der Waals surface area contributed by atoms with Gasteiger partial charge in [-0.3, -0.25) is 0 Å². The van der Waals surface area contributed by atoms with E-state index in [1.165, 1.54) is 42.6 Å². The lowest BCUT2D eigenvalue weighted by Crippen LogP contribution is -2.27. The molecule has 1 aliphatic rings. The fraction of sp³-hybridized carbons (Fsp3) is 0.667. The molecule has 1 heterocycles. The first kappa shape index (κ1) is 16.3. The Kier molecular flexibility index (Phi) is 6.07. The lowest BCUT2D eigenvalue weighted by molar-refractivity contribution is 0.268. The van der Waals surface area contributed by atoms with Gasteiger partial charge in [-0.2, -0.15) is 0 Å². The van der Waals surface area contributed by atoms with Crippen LogP contribution in [0.2, 0.25) is 0 Å². The van der Waals surface area contributed by atoms with E-state index in [1.54, 1.807) is 0 Å². The molecule has 0 aromatic heterocycles. The zero-order chi connectivity index (χ0) is 15.2. The van der Waals surface area contributed by atoms with Crippen LogP contribution in [0, 0.1) is 0 Å². The Hall–Kier alpha value is -1.06. The van der Waals surface area contributed by atoms with E-state index in [0.29, 0.717) is 6.04 Å². The average molecular weight is 289 g/mol. The Bertz CT molecular complexity index is 442. The number of nitrogens with one attached hydrogen (secondary N) is 1. The van der Waals surface area contributed by atoms with Crippen LogP contribution in [0.1, 0.15) is 37.8 Å². The number of hydrogen-bond acceptors (Lipinski definition) is 3. The molecule has 0 bridgehead atoms. The summed E-state index contributed by atoms with van der Waals surface area (Å²) in [6, 6.07) is 7.57. The SMILES string of the molecule is CC(C)N(C)CCCCNCc1ccc2c(c1)CCN2C. The molecule has 3 nitrogen and oxygen atoms in total. The summed E-state index contributed by atoms with van der Waals surface area (Å²) in [5.41, 5.74) is 4.34. The number of fused-ring (bicyclic) bond motifs is 1. The average Bonchev–Trinajstić information content (AvgIpc) is 2.83. The van der Waals surface area contributed by atoms with Crippen molar-refractivity contribution < 1.29 is 0 Å². The fourth-order valence-corrected chi connectivity index (χ4v) is 2.83. The second-order valence-corrected chi connectivity index (χ2v) is 6.59. The summed E-state index contributed by atoms with van der Waals surface area (Å²) in [7, 11) is 4.39. The van der Waals surface area contributed by atoms with Crippen LogP contribution in [-0.2, 0) is 13.0 Å². The van der Waals surface area contributed by atoms with Gasteiger partial charge in [-0.05, 0) is 70.4 Å². The molecule has 3 heteroatoms. The highest BCUT2D eigenvalue weighted by molar-refractivity contribution is 5.58. The quantitative estimate of drug-likeness (QED) is 0.742. The van der Waals surface area contributed by atoms with Gasteiger partial charge < -0.3 is 15.1 Å². The summed E-state index contributed by atoms with van der Waals surface area (Å²) in [6.45, 7) is 8.98. The van der Waals surface area contributed by atoms with Crippen molar-refractivity contribution in [3.63, 3.8) is 0 Å². The Morgan fingerprint density at radius 2 is 2.10 bits per heavy atom. The summed E-state index contributed by atoms with van der Waals surface area (Å²) in [5.74, 6) is 0. The van der Waals surface area contributed by atoms with Gasteiger partial charge in [-0.15, -0.1) is 0 Å². The molecule has 0 radical (unpaired) electrons. The molecule has 118 valence electrons. The number of likely N-dealkylation sites (N-methyl/N-ethyl adjacent to an activating group) is 1. The number of nitrogens with zero attached hydrogens (tertiary/aromatic N) is 2. The number of unbranched alkanes of at least 4 members (excludes halogenated alkanes) is 1. The molecule has 1 N–H and O–H groups in total. The van der Waals surface area contributed by atoms with Gasteiger partial charge in [0.2, 0.25) is 0 Å². The minimum absolute atomic E-state index is 0.655. The van der Waals surface area contributed by atoms with Crippen molar-refractivity contribution in [3.8, 4) is 0 Å². The van der Waals surface area contributed by atoms with Crippen LogP contribution < -0.4 is 10.2 Å². The zero-order valence-electron chi connectivity index (χ0n) is 14.2. The third kappa shape index (κ3) is 4.72. The fourth-order valence-electron chi connectivity index (χ4n) is 2.83. The number of benzene rings is 1. The molecule has 0 aliphatic carbocycles. The minimum atomic E-state index is 0.655. The Balaban J connectivity index is 1.63. The first-order chi connectivity index (χ1) is 10.1. The molecule has 0 atom stereocenters. The summed E-state index contributed by atoms with van der Waals surface area (Å²) in [6.07, 6.45) is 3.72. The maximum absolute atomic E-state index is 3.57. The van der Waals surface area contributed by atoms with Crippen LogP contribution in [0.3, 0.4) is 0 Å². The largest absolute Gasteiger partial charge is 0.374 e. The third-order valence-corrected chi connectivity index (χ3v) is 4.60. The van der Waals surface area contributed by atoms with Crippen molar-refractivity contribution in [2.45, 2.75) is 45.7 Å². The highest BCUT2D eigenvalue weighted by atomic mass is 15.1. The predicted octanol–water partition coefficient (Wildman–Crippen LogP) is 2.89. The van der Waals surface area contributed by atoms with E-state index < -0.39 is 0 Å². The minimum Gasteiger partial charge on any atom is -0.374 e. The summed E-state index contributed by atoms with van der Waals surface area (Å²) in [5, 5.41) is 3.57. The van der Waals surface area contributed by atoms with Gasteiger partial charge in [-0.1, -0.05) is 12.1 Å². The normalized spacial score (nSPS) is 14.3. The Morgan fingerprint density at radius 3 is 2.86 bits per heavy atom. The molecule has 0 unspecified atom stereocenters. The zero-order valence-corrected chi connectivity index (χ0v) is 14.2. The second-order valence-electron chi connectivity index (χ2n) is 6.59. The van der Waals surface area contributed by atoms with Crippen molar-refractivity contribution >= 4 is 5.69 Å². The molecule has 0 saturated heterocycles. The predicted molar refractivity (Wildman–Crippen MR) is 92.1 cm³/mol. The first-order valence-corrected chi connectivity index (χ1v) is 8.32. The monoisotopic (exact) mass is 289 g/mol. The molecule has 21 heavy (non-hydrogen) atoms.